The van der Waals surface area contributed by atoms with Gasteiger partial charge in [0.2, 0.25) is 0 Å². The molecule has 1 heterocycles. The SMILES string of the molecule is Cn1c(CNC(=O)Nc2ccc(F)cc2F)c(-c2ccccc2)c2ccccc2c1=O. The number of carbonyl (C=O) groups is 1. The van der Waals surface area contributed by atoms with E-state index >= 15 is 0 Å². The average molecular weight is 419 g/mol. The van der Waals surface area contributed by atoms with Crippen molar-refractivity contribution in [2.75, 3.05) is 5.32 Å². The van der Waals surface area contributed by atoms with Crippen LogP contribution in [0.15, 0.2) is 77.6 Å². The summed E-state index contributed by atoms with van der Waals surface area (Å²) in [6, 6.07) is 19.1. The molecule has 7 heteroatoms. The van der Waals surface area contributed by atoms with Crippen LogP contribution in [-0.4, -0.2) is 10.6 Å². The van der Waals surface area contributed by atoms with Crippen LogP contribution in [0.1, 0.15) is 5.69 Å². The number of rotatable bonds is 4. The van der Waals surface area contributed by atoms with Gasteiger partial charge < -0.3 is 15.2 Å². The van der Waals surface area contributed by atoms with E-state index in [1.54, 1.807) is 19.2 Å². The largest absolute Gasteiger partial charge is 0.332 e. The number of nitrogens with zero attached hydrogens (tertiary/aromatic N) is 1. The highest BCUT2D eigenvalue weighted by atomic mass is 19.1. The van der Waals surface area contributed by atoms with Gasteiger partial charge >= 0.3 is 6.03 Å². The van der Waals surface area contributed by atoms with Gasteiger partial charge in [-0.1, -0.05) is 48.5 Å². The summed E-state index contributed by atoms with van der Waals surface area (Å²) in [5, 5.41) is 6.37. The van der Waals surface area contributed by atoms with Crippen molar-refractivity contribution in [3.63, 3.8) is 0 Å². The lowest BCUT2D eigenvalue weighted by molar-refractivity contribution is 0.251. The predicted molar refractivity (Wildman–Crippen MR) is 117 cm³/mol. The highest BCUT2D eigenvalue weighted by molar-refractivity contribution is 5.97. The molecule has 0 atom stereocenters. The molecule has 0 spiro atoms. The number of pyridine rings is 1. The molecule has 0 radical (unpaired) electrons. The van der Waals surface area contributed by atoms with Crippen molar-refractivity contribution in [3.8, 4) is 11.1 Å². The summed E-state index contributed by atoms with van der Waals surface area (Å²) in [5.74, 6) is -1.61. The molecule has 2 N–H and O–H groups in total. The summed E-state index contributed by atoms with van der Waals surface area (Å²) < 4.78 is 28.4. The molecule has 5 nitrogen and oxygen atoms in total. The number of fused-ring (bicyclic) bond motifs is 1. The summed E-state index contributed by atoms with van der Waals surface area (Å²) in [5.41, 5.74) is 2.00. The Morgan fingerprint density at radius 2 is 1.61 bits per heavy atom. The van der Waals surface area contributed by atoms with Crippen molar-refractivity contribution in [3.05, 3.63) is 100 Å². The minimum atomic E-state index is -0.877. The van der Waals surface area contributed by atoms with Crippen LogP contribution in [0.25, 0.3) is 21.9 Å². The molecule has 0 aliphatic heterocycles. The Bertz CT molecular complexity index is 1330. The van der Waals surface area contributed by atoms with E-state index in [0.717, 1.165) is 28.6 Å². The van der Waals surface area contributed by atoms with Gasteiger partial charge in [0.25, 0.3) is 5.56 Å². The van der Waals surface area contributed by atoms with E-state index < -0.39 is 17.7 Å². The molecule has 0 fully saturated rings. The maximum atomic E-state index is 13.8. The molecular weight excluding hydrogens is 400 g/mol. The Morgan fingerprint density at radius 3 is 2.32 bits per heavy atom. The van der Waals surface area contributed by atoms with Gasteiger partial charge in [-0.25, -0.2) is 13.6 Å². The number of amides is 2. The molecule has 0 bridgehead atoms. The first kappa shape index (κ1) is 20.3. The van der Waals surface area contributed by atoms with Gasteiger partial charge in [-0.3, -0.25) is 4.79 Å². The van der Waals surface area contributed by atoms with E-state index in [2.05, 4.69) is 10.6 Å². The van der Waals surface area contributed by atoms with Gasteiger partial charge in [-0.05, 0) is 29.1 Å². The monoisotopic (exact) mass is 419 g/mol. The molecule has 156 valence electrons. The van der Waals surface area contributed by atoms with Crippen molar-refractivity contribution in [1.29, 1.82) is 0 Å². The van der Waals surface area contributed by atoms with E-state index in [1.807, 2.05) is 42.5 Å². The van der Waals surface area contributed by atoms with Gasteiger partial charge in [0.1, 0.15) is 11.6 Å². The first-order valence-corrected chi connectivity index (χ1v) is 9.61. The number of hydrogen-bond donors (Lipinski definition) is 2. The van der Waals surface area contributed by atoms with Crippen molar-refractivity contribution >= 4 is 22.5 Å². The lowest BCUT2D eigenvalue weighted by Crippen LogP contribution is -2.32. The molecule has 4 aromatic rings. The number of halogens is 2. The van der Waals surface area contributed by atoms with E-state index in [4.69, 9.17) is 0 Å². The Balaban J connectivity index is 1.71. The molecule has 0 aliphatic carbocycles. The minimum Gasteiger partial charge on any atom is -0.332 e. The normalized spacial score (nSPS) is 10.8. The van der Waals surface area contributed by atoms with Crippen LogP contribution in [0.2, 0.25) is 0 Å². The second kappa shape index (κ2) is 8.39. The maximum absolute atomic E-state index is 13.8. The number of urea groups is 1. The fourth-order valence-corrected chi connectivity index (χ4v) is 3.57. The van der Waals surface area contributed by atoms with Gasteiger partial charge in [0, 0.05) is 29.8 Å². The standard InChI is InChI=1S/C24H19F2N3O2/c1-29-21(14-27-24(31)28-20-12-11-16(25)13-19(20)26)22(15-7-3-2-4-8-15)17-9-5-6-10-18(17)23(29)30/h2-13H,14H2,1H3,(H2,27,28,31). The van der Waals surface area contributed by atoms with E-state index in [1.165, 1.54) is 4.57 Å². The number of carbonyl (C=O) groups excluding carboxylic acids is 1. The van der Waals surface area contributed by atoms with Gasteiger partial charge in [-0.2, -0.15) is 0 Å². The topological polar surface area (TPSA) is 63.1 Å². The first-order valence-electron chi connectivity index (χ1n) is 9.61. The second-order valence-electron chi connectivity index (χ2n) is 7.03. The van der Waals surface area contributed by atoms with Gasteiger partial charge in [0.05, 0.1) is 12.2 Å². The molecule has 31 heavy (non-hydrogen) atoms. The highest BCUT2D eigenvalue weighted by Gasteiger charge is 2.17. The van der Waals surface area contributed by atoms with Crippen LogP contribution >= 0.6 is 0 Å². The Morgan fingerprint density at radius 1 is 0.935 bits per heavy atom. The lowest BCUT2D eigenvalue weighted by atomic mass is 9.97. The van der Waals surface area contributed by atoms with Gasteiger partial charge in [0.15, 0.2) is 0 Å². The molecule has 4 rings (SSSR count). The third-order valence-electron chi connectivity index (χ3n) is 5.08. The van der Waals surface area contributed by atoms with Gasteiger partial charge in [-0.15, -0.1) is 0 Å². The zero-order valence-electron chi connectivity index (χ0n) is 16.7. The lowest BCUT2D eigenvalue weighted by Gasteiger charge is -2.18. The summed E-state index contributed by atoms with van der Waals surface area (Å²) >= 11 is 0. The van der Waals surface area contributed by atoms with E-state index in [-0.39, 0.29) is 17.8 Å². The average Bonchev–Trinajstić information content (AvgIpc) is 2.78. The molecule has 0 aliphatic rings. The number of anilines is 1. The fraction of sp³-hybridized carbons (Fsp3) is 0.0833. The van der Waals surface area contributed by atoms with E-state index in [0.29, 0.717) is 17.1 Å². The van der Waals surface area contributed by atoms with Crippen LogP contribution in [0, 0.1) is 11.6 Å². The smallest absolute Gasteiger partial charge is 0.319 e. The minimum absolute atomic E-state index is 0.0233. The summed E-state index contributed by atoms with van der Waals surface area (Å²) in [6.07, 6.45) is 0. The zero-order chi connectivity index (χ0) is 22.0. The Kier molecular flexibility index (Phi) is 5.49. The highest BCUT2D eigenvalue weighted by Crippen LogP contribution is 2.30. The molecule has 0 unspecified atom stereocenters. The van der Waals surface area contributed by atoms with E-state index in [9.17, 15) is 18.4 Å². The molecule has 0 saturated carbocycles. The van der Waals surface area contributed by atoms with Crippen LogP contribution in [0.4, 0.5) is 19.3 Å². The molecule has 0 saturated heterocycles. The molecule has 2 amide bonds. The van der Waals surface area contributed by atoms with Crippen molar-refractivity contribution < 1.29 is 13.6 Å². The Hall–Kier alpha value is -4.00. The zero-order valence-corrected chi connectivity index (χ0v) is 16.7. The quantitative estimate of drug-likeness (QED) is 0.499. The number of nitrogens with one attached hydrogen (secondary N) is 2. The Labute approximate surface area is 177 Å². The summed E-state index contributed by atoms with van der Waals surface area (Å²) in [7, 11) is 1.65. The van der Waals surface area contributed by atoms with Crippen LogP contribution in [-0.2, 0) is 13.6 Å². The van der Waals surface area contributed by atoms with Crippen LogP contribution in [0.3, 0.4) is 0 Å². The maximum Gasteiger partial charge on any atom is 0.319 e. The first-order chi connectivity index (χ1) is 15.0. The predicted octanol–water partition coefficient (Wildman–Crippen LogP) is 4.81. The fourth-order valence-electron chi connectivity index (χ4n) is 3.57. The van der Waals surface area contributed by atoms with Crippen molar-refractivity contribution in [2.24, 2.45) is 7.05 Å². The number of aromatic nitrogens is 1. The van der Waals surface area contributed by atoms with Crippen molar-refractivity contribution in [1.82, 2.24) is 9.88 Å². The summed E-state index contributed by atoms with van der Waals surface area (Å²) in [6.45, 7) is 0.0233. The van der Waals surface area contributed by atoms with Crippen LogP contribution < -0.4 is 16.2 Å². The molecule has 3 aromatic carbocycles. The number of benzene rings is 3. The van der Waals surface area contributed by atoms with Crippen molar-refractivity contribution in [2.45, 2.75) is 6.54 Å². The second-order valence-corrected chi connectivity index (χ2v) is 7.03. The molecular formula is C24H19F2N3O2. The third-order valence-corrected chi connectivity index (χ3v) is 5.08. The third kappa shape index (κ3) is 4.02. The number of hydrogen-bond acceptors (Lipinski definition) is 2. The van der Waals surface area contributed by atoms with Crippen LogP contribution in [0.5, 0.6) is 0 Å². The molecule has 1 aromatic heterocycles. The summed E-state index contributed by atoms with van der Waals surface area (Å²) in [4.78, 5) is 25.3.